The summed E-state index contributed by atoms with van der Waals surface area (Å²) in [5.41, 5.74) is 1.16. The van der Waals surface area contributed by atoms with Crippen LogP contribution in [0.3, 0.4) is 0 Å². The number of rotatable bonds is 4. The summed E-state index contributed by atoms with van der Waals surface area (Å²) >= 11 is 0. The minimum atomic E-state index is -0.458. The van der Waals surface area contributed by atoms with E-state index in [9.17, 15) is 14.9 Å². The van der Waals surface area contributed by atoms with Gasteiger partial charge in [0.25, 0.3) is 5.69 Å². The van der Waals surface area contributed by atoms with E-state index < -0.39 is 4.92 Å². The van der Waals surface area contributed by atoms with Crippen molar-refractivity contribution in [1.82, 2.24) is 10.1 Å². The van der Waals surface area contributed by atoms with Crippen molar-refractivity contribution in [2.75, 3.05) is 6.54 Å². The second-order valence-electron chi connectivity index (χ2n) is 5.71. The maximum absolute atomic E-state index is 12.5. The van der Waals surface area contributed by atoms with Gasteiger partial charge in [-0.15, -0.1) is 0 Å². The molecule has 3 rings (SSSR count). The maximum Gasteiger partial charge on any atom is 0.276 e. The van der Waals surface area contributed by atoms with Crippen molar-refractivity contribution in [3.8, 4) is 0 Å². The molecule has 2 heterocycles. The van der Waals surface area contributed by atoms with E-state index in [0.717, 1.165) is 18.5 Å². The number of amides is 1. The Morgan fingerprint density at radius 2 is 2.25 bits per heavy atom. The van der Waals surface area contributed by atoms with Gasteiger partial charge in [-0.25, -0.2) is 0 Å². The highest BCUT2D eigenvalue weighted by Crippen LogP contribution is 2.32. The first-order chi connectivity index (χ1) is 11.6. The van der Waals surface area contributed by atoms with E-state index in [-0.39, 0.29) is 17.6 Å². The van der Waals surface area contributed by atoms with Crippen LogP contribution in [0.4, 0.5) is 5.69 Å². The Morgan fingerprint density at radius 1 is 1.46 bits per heavy atom. The molecule has 1 unspecified atom stereocenters. The Morgan fingerprint density at radius 3 is 2.96 bits per heavy atom. The molecule has 7 nitrogen and oxygen atoms in total. The number of nitro groups is 1. The number of carbonyl (C=O) groups is 1. The van der Waals surface area contributed by atoms with E-state index in [1.54, 1.807) is 23.1 Å². The van der Waals surface area contributed by atoms with Crippen LogP contribution in [-0.4, -0.2) is 27.4 Å². The minimum Gasteiger partial charge on any atom is -0.359 e. The zero-order valence-electron chi connectivity index (χ0n) is 13.2. The van der Waals surface area contributed by atoms with Gasteiger partial charge in [0.1, 0.15) is 0 Å². The number of para-hydroxylation sites is 1. The Bertz CT molecular complexity index is 797. The molecular formula is C17H17N3O4. The lowest BCUT2D eigenvalue weighted by Gasteiger charge is -2.20. The molecule has 1 aliphatic rings. The molecule has 124 valence electrons. The van der Waals surface area contributed by atoms with E-state index in [2.05, 4.69) is 5.16 Å². The van der Waals surface area contributed by atoms with Gasteiger partial charge in [-0.1, -0.05) is 17.3 Å². The van der Waals surface area contributed by atoms with Gasteiger partial charge in [0.15, 0.2) is 5.76 Å². The van der Waals surface area contributed by atoms with Crippen LogP contribution in [-0.2, 0) is 4.79 Å². The molecule has 1 aromatic carbocycles. The summed E-state index contributed by atoms with van der Waals surface area (Å²) in [5, 5.41) is 14.9. The number of aromatic nitrogens is 1. The second kappa shape index (κ2) is 6.66. The normalized spacial score (nSPS) is 17.5. The highest BCUT2D eigenvalue weighted by atomic mass is 16.6. The Labute approximate surface area is 138 Å². The topological polar surface area (TPSA) is 89.5 Å². The molecule has 7 heteroatoms. The zero-order chi connectivity index (χ0) is 17.1. The van der Waals surface area contributed by atoms with Crippen LogP contribution in [0.2, 0.25) is 0 Å². The summed E-state index contributed by atoms with van der Waals surface area (Å²) in [6.45, 7) is 2.47. The van der Waals surface area contributed by atoms with Crippen LogP contribution in [0.15, 0.2) is 40.9 Å². The van der Waals surface area contributed by atoms with Crippen LogP contribution in [0.1, 0.15) is 35.9 Å². The molecule has 1 atom stereocenters. The average molecular weight is 327 g/mol. The molecular weight excluding hydrogens is 310 g/mol. The van der Waals surface area contributed by atoms with Gasteiger partial charge < -0.3 is 9.42 Å². The summed E-state index contributed by atoms with van der Waals surface area (Å²) in [5.74, 6) is 0.488. The summed E-state index contributed by atoms with van der Waals surface area (Å²) < 4.78 is 5.28. The first-order valence-corrected chi connectivity index (χ1v) is 7.71. The van der Waals surface area contributed by atoms with Gasteiger partial charge in [0.05, 0.1) is 22.2 Å². The highest BCUT2D eigenvalue weighted by Gasteiger charge is 2.31. The van der Waals surface area contributed by atoms with E-state index in [1.807, 2.05) is 13.0 Å². The van der Waals surface area contributed by atoms with Gasteiger partial charge in [-0.05, 0) is 31.9 Å². The van der Waals surface area contributed by atoms with Crippen molar-refractivity contribution in [2.45, 2.75) is 25.8 Å². The molecule has 24 heavy (non-hydrogen) atoms. The molecule has 2 aromatic rings. The number of carbonyl (C=O) groups excluding carboxylic acids is 1. The molecule has 1 aliphatic heterocycles. The van der Waals surface area contributed by atoms with Crippen LogP contribution < -0.4 is 0 Å². The van der Waals surface area contributed by atoms with Crippen LogP contribution in [0.25, 0.3) is 6.08 Å². The van der Waals surface area contributed by atoms with Crippen LogP contribution >= 0.6 is 0 Å². The molecule has 0 radical (unpaired) electrons. The molecule has 0 bridgehead atoms. The first kappa shape index (κ1) is 15.9. The molecule has 1 aromatic heterocycles. The van der Waals surface area contributed by atoms with Gasteiger partial charge in [0, 0.05) is 24.8 Å². The standard InChI is InChI=1S/C17H17N3O4/c1-12-11-16(24-18-12)15-7-4-10-19(15)17(21)9-8-13-5-2-3-6-14(13)20(22)23/h2-3,5-6,8-9,11,15H,4,7,10H2,1H3/b9-8+. The monoisotopic (exact) mass is 327 g/mol. The fourth-order valence-electron chi connectivity index (χ4n) is 2.92. The molecule has 1 fully saturated rings. The lowest BCUT2D eigenvalue weighted by Crippen LogP contribution is -2.28. The summed E-state index contributed by atoms with van der Waals surface area (Å²) in [7, 11) is 0. The quantitative estimate of drug-likeness (QED) is 0.488. The summed E-state index contributed by atoms with van der Waals surface area (Å²) in [6.07, 6.45) is 4.57. The molecule has 1 amide bonds. The molecule has 0 N–H and O–H groups in total. The third-order valence-electron chi connectivity index (χ3n) is 4.05. The molecule has 0 saturated carbocycles. The van der Waals surface area contributed by atoms with Gasteiger partial charge in [-0.3, -0.25) is 14.9 Å². The van der Waals surface area contributed by atoms with Crippen LogP contribution in [0.5, 0.6) is 0 Å². The Balaban J connectivity index is 1.78. The summed E-state index contributed by atoms with van der Waals surface area (Å²) in [6, 6.07) is 8.03. The molecule has 1 saturated heterocycles. The van der Waals surface area contributed by atoms with Crippen molar-refractivity contribution in [3.05, 3.63) is 63.5 Å². The molecule has 0 aliphatic carbocycles. The van der Waals surface area contributed by atoms with Crippen molar-refractivity contribution >= 4 is 17.7 Å². The number of hydrogen-bond donors (Lipinski definition) is 0. The van der Waals surface area contributed by atoms with E-state index in [1.165, 1.54) is 18.2 Å². The second-order valence-corrected chi connectivity index (χ2v) is 5.71. The van der Waals surface area contributed by atoms with Gasteiger partial charge in [0.2, 0.25) is 5.91 Å². The molecule has 0 spiro atoms. The number of benzene rings is 1. The smallest absolute Gasteiger partial charge is 0.276 e. The number of aryl methyl sites for hydroxylation is 1. The number of nitro benzene ring substituents is 1. The van der Waals surface area contributed by atoms with Crippen LogP contribution in [0, 0.1) is 17.0 Å². The number of hydrogen-bond acceptors (Lipinski definition) is 5. The largest absolute Gasteiger partial charge is 0.359 e. The van der Waals surface area contributed by atoms with Gasteiger partial charge in [-0.2, -0.15) is 0 Å². The summed E-state index contributed by atoms with van der Waals surface area (Å²) in [4.78, 5) is 24.8. The van der Waals surface area contributed by atoms with E-state index >= 15 is 0 Å². The minimum absolute atomic E-state index is 0.0228. The first-order valence-electron chi connectivity index (χ1n) is 7.71. The number of nitrogens with zero attached hydrogens (tertiary/aromatic N) is 3. The predicted molar refractivity (Wildman–Crippen MR) is 87.1 cm³/mol. The Kier molecular flexibility index (Phi) is 4.41. The Hall–Kier alpha value is -2.96. The third kappa shape index (κ3) is 3.19. The predicted octanol–water partition coefficient (Wildman–Crippen LogP) is 3.27. The SMILES string of the molecule is Cc1cc(C2CCCN2C(=O)/C=C/c2ccccc2[N+](=O)[O-])on1. The fraction of sp³-hybridized carbons (Fsp3) is 0.294. The average Bonchev–Trinajstić information content (AvgIpc) is 3.21. The van der Waals surface area contributed by atoms with Gasteiger partial charge >= 0.3 is 0 Å². The van der Waals surface area contributed by atoms with E-state index in [0.29, 0.717) is 17.9 Å². The van der Waals surface area contributed by atoms with Crippen molar-refractivity contribution in [3.63, 3.8) is 0 Å². The lowest BCUT2D eigenvalue weighted by molar-refractivity contribution is -0.385. The fourth-order valence-corrected chi connectivity index (χ4v) is 2.92. The number of likely N-dealkylation sites (tertiary alicyclic amines) is 1. The highest BCUT2D eigenvalue weighted by molar-refractivity contribution is 5.92. The third-order valence-corrected chi connectivity index (χ3v) is 4.05. The van der Waals surface area contributed by atoms with Crippen molar-refractivity contribution < 1.29 is 14.2 Å². The lowest BCUT2D eigenvalue weighted by atomic mass is 10.1. The maximum atomic E-state index is 12.5. The zero-order valence-corrected chi connectivity index (χ0v) is 13.2. The van der Waals surface area contributed by atoms with Crippen molar-refractivity contribution in [2.24, 2.45) is 0 Å². The van der Waals surface area contributed by atoms with Crippen molar-refractivity contribution in [1.29, 1.82) is 0 Å². The van der Waals surface area contributed by atoms with E-state index in [4.69, 9.17) is 4.52 Å².